The number of likely N-dealkylation sites (tertiary alicyclic amines) is 1. The Balaban J connectivity index is 2.20. The summed E-state index contributed by atoms with van der Waals surface area (Å²) in [5.74, 6) is 0.513. The molecule has 0 N–H and O–H groups in total. The minimum atomic E-state index is -0.0278. The van der Waals surface area contributed by atoms with Crippen molar-refractivity contribution >= 4 is 5.97 Å². The van der Waals surface area contributed by atoms with Gasteiger partial charge in [0.1, 0.15) is 0 Å². The molecule has 0 aromatic carbocycles. The highest BCUT2D eigenvalue weighted by Gasteiger charge is 2.21. The van der Waals surface area contributed by atoms with Crippen molar-refractivity contribution in [1.29, 1.82) is 0 Å². The third-order valence-electron chi connectivity index (χ3n) is 2.98. The molecule has 1 heterocycles. The maximum absolute atomic E-state index is 11.4. The van der Waals surface area contributed by atoms with Gasteiger partial charge in [-0.2, -0.15) is 0 Å². The molecule has 3 heteroatoms. The van der Waals surface area contributed by atoms with Crippen LogP contribution in [0.15, 0.2) is 0 Å². The molecule has 88 valence electrons. The third kappa shape index (κ3) is 4.65. The smallest absolute Gasteiger partial charge is 0.306 e. The van der Waals surface area contributed by atoms with Crippen LogP contribution in [0.3, 0.4) is 0 Å². The zero-order chi connectivity index (χ0) is 11.3. The number of piperidine rings is 1. The predicted octanol–water partition coefficient (Wildman–Crippen LogP) is 2.06. The lowest BCUT2D eigenvalue weighted by Gasteiger charge is -2.30. The molecule has 0 aromatic rings. The van der Waals surface area contributed by atoms with Crippen LogP contribution < -0.4 is 0 Å². The van der Waals surface area contributed by atoms with Crippen molar-refractivity contribution in [2.75, 3.05) is 19.6 Å². The molecule has 0 spiro atoms. The summed E-state index contributed by atoms with van der Waals surface area (Å²) in [6, 6.07) is 0. The van der Waals surface area contributed by atoms with E-state index in [1.807, 2.05) is 13.8 Å². The normalized spacial score (nSPS) is 19.5. The second kappa shape index (κ2) is 6.11. The van der Waals surface area contributed by atoms with E-state index >= 15 is 0 Å². The predicted molar refractivity (Wildman–Crippen MR) is 60.7 cm³/mol. The van der Waals surface area contributed by atoms with Crippen LogP contribution in [0, 0.1) is 5.92 Å². The molecule has 0 amide bonds. The van der Waals surface area contributed by atoms with Gasteiger partial charge in [-0.3, -0.25) is 4.79 Å². The van der Waals surface area contributed by atoms with Crippen LogP contribution in [0.25, 0.3) is 0 Å². The van der Waals surface area contributed by atoms with Gasteiger partial charge in [0.05, 0.1) is 6.10 Å². The zero-order valence-electron chi connectivity index (χ0n) is 10.2. The van der Waals surface area contributed by atoms with E-state index in [2.05, 4.69) is 11.8 Å². The number of carbonyl (C=O) groups is 1. The molecular formula is C12H23NO2. The largest absolute Gasteiger partial charge is 0.463 e. The Hall–Kier alpha value is -0.570. The van der Waals surface area contributed by atoms with Crippen molar-refractivity contribution in [3.8, 4) is 0 Å². The first-order valence-electron chi connectivity index (χ1n) is 6.03. The number of carbonyl (C=O) groups excluding carboxylic acids is 1. The maximum atomic E-state index is 11.4. The molecule has 1 rings (SSSR count). The molecule has 0 aliphatic carbocycles. The molecule has 1 aliphatic heterocycles. The van der Waals surface area contributed by atoms with Crippen LogP contribution in [0.5, 0.6) is 0 Å². The summed E-state index contributed by atoms with van der Waals surface area (Å²) >= 11 is 0. The van der Waals surface area contributed by atoms with E-state index in [4.69, 9.17) is 4.74 Å². The van der Waals surface area contributed by atoms with E-state index in [1.54, 1.807) is 0 Å². The van der Waals surface area contributed by atoms with Crippen molar-refractivity contribution in [1.82, 2.24) is 4.90 Å². The van der Waals surface area contributed by atoms with Crippen molar-refractivity contribution in [3.05, 3.63) is 0 Å². The summed E-state index contributed by atoms with van der Waals surface area (Å²) in [6.45, 7) is 9.39. The van der Waals surface area contributed by atoms with Gasteiger partial charge in [-0.15, -0.1) is 0 Å². The van der Waals surface area contributed by atoms with Crippen molar-refractivity contribution in [2.45, 2.75) is 46.1 Å². The lowest BCUT2D eigenvalue weighted by molar-refractivity contribution is -0.148. The summed E-state index contributed by atoms with van der Waals surface area (Å²) < 4.78 is 5.15. The van der Waals surface area contributed by atoms with Gasteiger partial charge < -0.3 is 9.64 Å². The Morgan fingerprint density at radius 1 is 1.40 bits per heavy atom. The number of ether oxygens (including phenoxy) is 1. The average Bonchev–Trinajstić information content (AvgIpc) is 2.17. The minimum Gasteiger partial charge on any atom is -0.463 e. The van der Waals surface area contributed by atoms with Crippen LogP contribution in [-0.2, 0) is 9.53 Å². The molecular weight excluding hydrogens is 190 g/mol. The molecule has 1 aliphatic rings. The van der Waals surface area contributed by atoms with E-state index < -0.39 is 0 Å². The third-order valence-corrected chi connectivity index (χ3v) is 2.98. The summed E-state index contributed by atoms with van der Waals surface area (Å²) in [6.07, 6.45) is 2.91. The molecule has 3 nitrogen and oxygen atoms in total. The molecule has 1 fully saturated rings. The van der Waals surface area contributed by atoms with Gasteiger partial charge in [-0.05, 0) is 52.2 Å². The molecule has 1 saturated heterocycles. The summed E-state index contributed by atoms with van der Waals surface area (Å²) in [4.78, 5) is 13.9. The first-order chi connectivity index (χ1) is 7.11. The fourth-order valence-electron chi connectivity index (χ4n) is 2.05. The molecule has 15 heavy (non-hydrogen) atoms. The standard InChI is InChI=1S/C12H23NO2/c1-4-13-7-5-11(6-8-13)9-12(14)15-10(2)3/h10-11H,4-9H2,1-3H3. The minimum absolute atomic E-state index is 0.0215. The summed E-state index contributed by atoms with van der Waals surface area (Å²) in [7, 11) is 0. The number of rotatable bonds is 4. The topological polar surface area (TPSA) is 29.5 Å². The van der Waals surface area contributed by atoms with E-state index in [0.29, 0.717) is 12.3 Å². The van der Waals surface area contributed by atoms with Gasteiger partial charge in [0.25, 0.3) is 0 Å². The Labute approximate surface area is 92.8 Å². The number of hydrogen-bond acceptors (Lipinski definition) is 3. The van der Waals surface area contributed by atoms with E-state index in [0.717, 1.165) is 32.5 Å². The lowest BCUT2D eigenvalue weighted by Crippen LogP contribution is -2.34. The number of esters is 1. The van der Waals surface area contributed by atoms with E-state index in [9.17, 15) is 4.79 Å². The summed E-state index contributed by atoms with van der Waals surface area (Å²) in [5.41, 5.74) is 0. The molecule has 0 saturated carbocycles. The maximum Gasteiger partial charge on any atom is 0.306 e. The van der Waals surface area contributed by atoms with Crippen LogP contribution in [-0.4, -0.2) is 36.6 Å². The highest BCUT2D eigenvalue weighted by Crippen LogP contribution is 2.20. The SMILES string of the molecule is CCN1CCC(CC(=O)OC(C)C)CC1. The highest BCUT2D eigenvalue weighted by molar-refractivity contribution is 5.69. The van der Waals surface area contributed by atoms with Crippen molar-refractivity contribution in [2.24, 2.45) is 5.92 Å². The average molecular weight is 213 g/mol. The van der Waals surface area contributed by atoms with Crippen LogP contribution in [0.1, 0.15) is 40.0 Å². The molecule has 0 bridgehead atoms. The van der Waals surface area contributed by atoms with Crippen LogP contribution >= 0.6 is 0 Å². The number of nitrogens with zero attached hydrogens (tertiary/aromatic N) is 1. The van der Waals surface area contributed by atoms with E-state index in [1.165, 1.54) is 0 Å². The molecule has 0 radical (unpaired) electrons. The second-order valence-electron chi connectivity index (χ2n) is 4.62. The van der Waals surface area contributed by atoms with Gasteiger partial charge >= 0.3 is 5.97 Å². The van der Waals surface area contributed by atoms with Gasteiger partial charge in [-0.1, -0.05) is 6.92 Å². The summed E-state index contributed by atoms with van der Waals surface area (Å²) in [5, 5.41) is 0. The Kier molecular flexibility index (Phi) is 5.09. The second-order valence-corrected chi connectivity index (χ2v) is 4.62. The fraction of sp³-hybridized carbons (Fsp3) is 0.917. The highest BCUT2D eigenvalue weighted by atomic mass is 16.5. The first kappa shape index (κ1) is 12.5. The zero-order valence-corrected chi connectivity index (χ0v) is 10.2. The van der Waals surface area contributed by atoms with Gasteiger partial charge in [0.15, 0.2) is 0 Å². The fourth-order valence-corrected chi connectivity index (χ4v) is 2.05. The molecule has 0 unspecified atom stereocenters. The first-order valence-corrected chi connectivity index (χ1v) is 6.03. The van der Waals surface area contributed by atoms with E-state index in [-0.39, 0.29) is 12.1 Å². The van der Waals surface area contributed by atoms with Crippen LogP contribution in [0.4, 0.5) is 0 Å². The Morgan fingerprint density at radius 3 is 2.47 bits per heavy atom. The molecule has 0 aromatic heterocycles. The monoisotopic (exact) mass is 213 g/mol. The Morgan fingerprint density at radius 2 is 2.00 bits per heavy atom. The van der Waals surface area contributed by atoms with Gasteiger partial charge in [-0.25, -0.2) is 0 Å². The van der Waals surface area contributed by atoms with Gasteiger partial charge in [0.2, 0.25) is 0 Å². The molecule has 0 atom stereocenters. The van der Waals surface area contributed by atoms with Crippen molar-refractivity contribution in [3.63, 3.8) is 0 Å². The Bertz CT molecular complexity index is 196. The number of hydrogen-bond donors (Lipinski definition) is 0. The quantitative estimate of drug-likeness (QED) is 0.669. The van der Waals surface area contributed by atoms with Gasteiger partial charge in [0, 0.05) is 6.42 Å². The van der Waals surface area contributed by atoms with Crippen LogP contribution in [0.2, 0.25) is 0 Å². The lowest BCUT2D eigenvalue weighted by atomic mass is 9.94. The van der Waals surface area contributed by atoms with Crippen molar-refractivity contribution < 1.29 is 9.53 Å².